The summed E-state index contributed by atoms with van der Waals surface area (Å²) in [5, 5.41) is 9.03. The summed E-state index contributed by atoms with van der Waals surface area (Å²) >= 11 is 0. The first-order valence-corrected chi connectivity index (χ1v) is 5.80. The third-order valence-corrected chi connectivity index (χ3v) is 2.78. The van der Waals surface area contributed by atoms with Gasteiger partial charge in [0.25, 0.3) is 0 Å². The highest BCUT2D eigenvalue weighted by atomic mass is 16.4. The molecular formula is C12H14N4O3. The maximum absolute atomic E-state index is 12.0. The van der Waals surface area contributed by atoms with E-state index in [1.165, 1.54) is 17.1 Å². The Morgan fingerprint density at radius 2 is 2.16 bits per heavy atom. The van der Waals surface area contributed by atoms with E-state index in [-0.39, 0.29) is 23.8 Å². The smallest absolute Gasteiger partial charge is 0.339 e. The van der Waals surface area contributed by atoms with Crippen molar-refractivity contribution in [3.63, 3.8) is 0 Å². The van der Waals surface area contributed by atoms with Crippen molar-refractivity contribution in [2.75, 3.05) is 0 Å². The minimum atomic E-state index is -1.10. The fraction of sp³-hybridized carbons (Fsp3) is 0.333. The summed E-state index contributed by atoms with van der Waals surface area (Å²) in [6, 6.07) is 0.0538. The molecule has 7 nitrogen and oxygen atoms in total. The number of carboxylic acids is 1. The van der Waals surface area contributed by atoms with Crippen LogP contribution < -0.4 is 5.69 Å². The Morgan fingerprint density at radius 3 is 2.74 bits per heavy atom. The Labute approximate surface area is 109 Å². The van der Waals surface area contributed by atoms with E-state index in [4.69, 9.17) is 5.11 Å². The van der Waals surface area contributed by atoms with Crippen LogP contribution in [-0.4, -0.2) is 30.2 Å². The molecule has 0 aliphatic rings. The van der Waals surface area contributed by atoms with Gasteiger partial charge in [-0.3, -0.25) is 9.13 Å². The Balaban J connectivity index is 2.37. The highest BCUT2D eigenvalue weighted by molar-refractivity contribution is 5.88. The second kappa shape index (κ2) is 5.05. The molecular weight excluding hydrogens is 248 g/mol. The fourth-order valence-electron chi connectivity index (χ4n) is 1.76. The van der Waals surface area contributed by atoms with Gasteiger partial charge in [0.05, 0.1) is 12.2 Å². The van der Waals surface area contributed by atoms with Gasteiger partial charge in [-0.05, 0) is 13.8 Å². The number of carbonyl (C=O) groups is 1. The Morgan fingerprint density at radius 1 is 1.42 bits per heavy atom. The Bertz CT molecular complexity index is 657. The third-order valence-electron chi connectivity index (χ3n) is 2.78. The first-order valence-electron chi connectivity index (χ1n) is 5.80. The summed E-state index contributed by atoms with van der Waals surface area (Å²) < 4.78 is 3.00. The molecule has 0 aliphatic carbocycles. The fourth-order valence-corrected chi connectivity index (χ4v) is 1.76. The molecule has 0 atom stereocenters. The molecule has 2 aromatic heterocycles. The van der Waals surface area contributed by atoms with E-state index < -0.39 is 5.97 Å². The van der Waals surface area contributed by atoms with E-state index in [9.17, 15) is 9.59 Å². The van der Waals surface area contributed by atoms with Crippen LogP contribution in [0.1, 0.15) is 35.9 Å². The van der Waals surface area contributed by atoms with Gasteiger partial charge in [-0.25, -0.2) is 19.6 Å². The summed E-state index contributed by atoms with van der Waals surface area (Å²) in [6.07, 6.45) is 5.80. The normalized spacial score (nSPS) is 10.9. The maximum atomic E-state index is 12.0. The van der Waals surface area contributed by atoms with Crippen molar-refractivity contribution >= 4 is 5.97 Å². The molecule has 0 spiro atoms. The van der Waals surface area contributed by atoms with Gasteiger partial charge in [-0.1, -0.05) is 0 Å². The zero-order chi connectivity index (χ0) is 14.0. The van der Waals surface area contributed by atoms with Crippen molar-refractivity contribution in [3.05, 3.63) is 46.7 Å². The zero-order valence-corrected chi connectivity index (χ0v) is 10.6. The predicted molar refractivity (Wildman–Crippen MR) is 67.2 cm³/mol. The number of hydrogen-bond donors (Lipinski definition) is 1. The molecule has 1 N–H and O–H groups in total. The van der Waals surface area contributed by atoms with Gasteiger partial charge in [0.1, 0.15) is 11.9 Å². The predicted octanol–water partition coefficient (Wildman–Crippen LogP) is 0.767. The topological polar surface area (TPSA) is 90.0 Å². The van der Waals surface area contributed by atoms with Crippen LogP contribution in [0, 0.1) is 0 Å². The number of imidazole rings is 1. The lowest BCUT2D eigenvalue weighted by Crippen LogP contribution is -2.26. The van der Waals surface area contributed by atoms with Crippen LogP contribution >= 0.6 is 0 Å². The highest BCUT2D eigenvalue weighted by Crippen LogP contribution is 2.06. The van der Waals surface area contributed by atoms with Gasteiger partial charge in [-0.15, -0.1) is 0 Å². The molecule has 0 aliphatic heterocycles. The number of hydrogen-bond acceptors (Lipinski definition) is 4. The molecule has 0 aromatic carbocycles. The van der Waals surface area contributed by atoms with E-state index in [1.807, 2.05) is 13.8 Å². The maximum Gasteiger partial charge on any atom is 0.339 e. The largest absolute Gasteiger partial charge is 0.478 e. The van der Waals surface area contributed by atoms with Crippen LogP contribution in [0.5, 0.6) is 0 Å². The van der Waals surface area contributed by atoms with E-state index in [2.05, 4.69) is 9.97 Å². The van der Waals surface area contributed by atoms with Crippen molar-refractivity contribution < 1.29 is 9.90 Å². The standard InChI is InChI=1S/C12H14N4O3/c1-8(2)16-4-3-15(12(16)19)6-10-9(11(17)18)5-13-7-14-10/h3-5,7-8H,6H2,1-2H3,(H,17,18). The molecule has 0 radical (unpaired) electrons. The number of aromatic carboxylic acids is 1. The Kier molecular flexibility index (Phi) is 3.46. The number of carboxylic acid groups (broad SMARTS) is 1. The van der Waals surface area contributed by atoms with Crippen LogP contribution in [0.25, 0.3) is 0 Å². The molecule has 0 unspecified atom stereocenters. The molecule has 7 heteroatoms. The second-order valence-electron chi connectivity index (χ2n) is 4.40. The van der Waals surface area contributed by atoms with Gasteiger partial charge >= 0.3 is 11.7 Å². The molecule has 19 heavy (non-hydrogen) atoms. The molecule has 0 saturated carbocycles. The zero-order valence-electron chi connectivity index (χ0n) is 10.6. The summed E-state index contributed by atoms with van der Waals surface area (Å²) in [7, 11) is 0. The van der Waals surface area contributed by atoms with Crippen LogP contribution in [0.4, 0.5) is 0 Å². The average molecular weight is 262 g/mol. The van der Waals surface area contributed by atoms with Crippen molar-refractivity contribution in [2.24, 2.45) is 0 Å². The molecule has 0 bridgehead atoms. The van der Waals surface area contributed by atoms with E-state index in [0.29, 0.717) is 5.69 Å². The van der Waals surface area contributed by atoms with Crippen molar-refractivity contribution in [1.82, 2.24) is 19.1 Å². The van der Waals surface area contributed by atoms with Gasteiger partial charge in [0, 0.05) is 24.6 Å². The van der Waals surface area contributed by atoms with E-state index >= 15 is 0 Å². The first-order chi connectivity index (χ1) is 9.00. The van der Waals surface area contributed by atoms with Gasteiger partial charge in [0.2, 0.25) is 0 Å². The lowest BCUT2D eigenvalue weighted by molar-refractivity contribution is 0.0694. The molecule has 0 amide bonds. The van der Waals surface area contributed by atoms with Crippen molar-refractivity contribution in [3.8, 4) is 0 Å². The number of rotatable bonds is 4. The van der Waals surface area contributed by atoms with Crippen LogP contribution in [0.15, 0.2) is 29.7 Å². The van der Waals surface area contributed by atoms with E-state index in [0.717, 1.165) is 0 Å². The number of aromatic nitrogens is 4. The molecule has 100 valence electrons. The highest BCUT2D eigenvalue weighted by Gasteiger charge is 2.14. The molecule has 2 heterocycles. The average Bonchev–Trinajstić information content (AvgIpc) is 2.71. The molecule has 0 saturated heterocycles. The molecule has 2 rings (SSSR count). The first kappa shape index (κ1) is 13.0. The minimum absolute atomic E-state index is 0.00620. The Hall–Kier alpha value is -2.44. The summed E-state index contributed by atoms with van der Waals surface area (Å²) in [5.74, 6) is -1.10. The number of nitrogens with zero attached hydrogens (tertiary/aromatic N) is 4. The van der Waals surface area contributed by atoms with Crippen LogP contribution in [0.3, 0.4) is 0 Å². The summed E-state index contributed by atoms with van der Waals surface area (Å²) in [4.78, 5) is 30.7. The lowest BCUT2D eigenvalue weighted by atomic mass is 10.2. The summed E-state index contributed by atoms with van der Waals surface area (Å²) in [6.45, 7) is 3.92. The van der Waals surface area contributed by atoms with Crippen molar-refractivity contribution in [1.29, 1.82) is 0 Å². The molecule has 2 aromatic rings. The second-order valence-corrected chi connectivity index (χ2v) is 4.40. The monoisotopic (exact) mass is 262 g/mol. The quantitative estimate of drug-likeness (QED) is 0.878. The van der Waals surface area contributed by atoms with Gasteiger partial charge < -0.3 is 5.11 Å². The van der Waals surface area contributed by atoms with Crippen LogP contribution in [-0.2, 0) is 6.54 Å². The van der Waals surface area contributed by atoms with Gasteiger partial charge in [-0.2, -0.15) is 0 Å². The van der Waals surface area contributed by atoms with Crippen molar-refractivity contribution in [2.45, 2.75) is 26.4 Å². The summed E-state index contributed by atoms with van der Waals surface area (Å²) in [5.41, 5.74) is 0.128. The minimum Gasteiger partial charge on any atom is -0.478 e. The molecule has 0 fully saturated rings. The van der Waals surface area contributed by atoms with Gasteiger partial charge in [0.15, 0.2) is 0 Å². The van der Waals surface area contributed by atoms with Crippen LogP contribution in [0.2, 0.25) is 0 Å². The van der Waals surface area contributed by atoms with E-state index in [1.54, 1.807) is 17.0 Å². The third kappa shape index (κ3) is 2.54. The SMILES string of the molecule is CC(C)n1ccn(Cc2ncncc2C(=O)O)c1=O. The lowest BCUT2D eigenvalue weighted by Gasteiger charge is -2.06.